The molecular formula is C18H23N3. The molecule has 1 heterocycles. The van der Waals surface area contributed by atoms with Crippen LogP contribution in [-0.4, -0.2) is 16.5 Å². The Morgan fingerprint density at radius 3 is 2.62 bits per heavy atom. The molecule has 0 saturated heterocycles. The van der Waals surface area contributed by atoms with E-state index < -0.39 is 0 Å². The minimum atomic E-state index is 0.672. The zero-order valence-corrected chi connectivity index (χ0v) is 12.7. The Bertz CT molecular complexity index is 576. The number of hydrogen-bond donors (Lipinski definition) is 1. The second kappa shape index (κ2) is 6.70. The molecule has 0 atom stereocenters. The van der Waals surface area contributed by atoms with Crippen LogP contribution in [0.5, 0.6) is 0 Å². The summed E-state index contributed by atoms with van der Waals surface area (Å²) in [6, 6.07) is 12.7. The lowest BCUT2D eigenvalue weighted by molar-refractivity contribution is 0.826. The van der Waals surface area contributed by atoms with E-state index in [4.69, 9.17) is 4.98 Å². The van der Waals surface area contributed by atoms with Crippen molar-refractivity contribution in [2.45, 2.75) is 44.9 Å². The van der Waals surface area contributed by atoms with Gasteiger partial charge in [0.25, 0.3) is 0 Å². The van der Waals surface area contributed by atoms with Crippen molar-refractivity contribution in [1.82, 2.24) is 9.97 Å². The summed E-state index contributed by atoms with van der Waals surface area (Å²) in [5, 5.41) is 3.40. The zero-order valence-electron chi connectivity index (χ0n) is 12.7. The number of nitrogens with zero attached hydrogens (tertiary/aromatic N) is 2. The quantitative estimate of drug-likeness (QED) is 0.834. The summed E-state index contributed by atoms with van der Waals surface area (Å²) >= 11 is 0. The number of anilines is 1. The molecule has 1 aromatic heterocycles. The molecule has 1 aromatic carbocycles. The summed E-state index contributed by atoms with van der Waals surface area (Å²) in [6.07, 6.45) is 5.58. The van der Waals surface area contributed by atoms with Gasteiger partial charge in [-0.2, -0.15) is 0 Å². The maximum absolute atomic E-state index is 4.77. The molecule has 3 heteroatoms. The number of benzene rings is 1. The van der Waals surface area contributed by atoms with Gasteiger partial charge >= 0.3 is 0 Å². The number of rotatable bonds is 7. The van der Waals surface area contributed by atoms with Crippen LogP contribution < -0.4 is 5.32 Å². The smallest absolute Gasteiger partial charge is 0.131 e. The van der Waals surface area contributed by atoms with Crippen LogP contribution in [0.1, 0.15) is 49.2 Å². The molecular weight excluding hydrogens is 258 g/mol. The highest BCUT2D eigenvalue weighted by Crippen LogP contribution is 2.39. The molecule has 0 radical (unpaired) electrons. The fraction of sp³-hybridized carbons (Fsp3) is 0.444. The molecule has 1 aliphatic rings. The van der Waals surface area contributed by atoms with E-state index in [1.54, 1.807) is 0 Å². The van der Waals surface area contributed by atoms with E-state index in [0.29, 0.717) is 5.92 Å². The molecule has 1 fully saturated rings. The average molecular weight is 281 g/mol. The molecule has 3 nitrogen and oxygen atoms in total. The topological polar surface area (TPSA) is 37.8 Å². The molecule has 0 bridgehead atoms. The van der Waals surface area contributed by atoms with E-state index >= 15 is 0 Å². The molecule has 1 aliphatic carbocycles. The largest absolute Gasteiger partial charge is 0.370 e. The van der Waals surface area contributed by atoms with Gasteiger partial charge < -0.3 is 5.32 Å². The summed E-state index contributed by atoms with van der Waals surface area (Å²) in [5.74, 6) is 2.64. The van der Waals surface area contributed by atoms with E-state index in [2.05, 4.69) is 53.6 Å². The highest BCUT2D eigenvalue weighted by atomic mass is 15.0. The van der Waals surface area contributed by atoms with Gasteiger partial charge in [0.05, 0.1) is 0 Å². The Morgan fingerprint density at radius 1 is 1.10 bits per heavy atom. The Balaban J connectivity index is 1.72. The lowest BCUT2D eigenvalue weighted by atomic mass is 10.1. The van der Waals surface area contributed by atoms with Gasteiger partial charge in [-0.3, -0.25) is 0 Å². The fourth-order valence-electron chi connectivity index (χ4n) is 2.46. The highest BCUT2D eigenvalue weighted by molar-refractivity contribution is 5.38. The summed E-state index contributed by atoms with van der Waals surface area (Å²) < 4.78 is 0. The van der Waals surface area contributed by atoms with E-state index in [9.17, 15) is 0 Å². The fourth-order valence-corrected chi connectivity index (χ4v) is 2.46. The zero-order chi connectivity index (χ0) is 14.5. The first-order valence-electron chi connectivity index (χ1n) is 8.01. The number of aryl methyl sites for hydroxylation is 2. The van der Waals surface area contributed by atoms with Crippen molar-refractivity contribution >= 4 is 5.82 Å². The van der Waals surface area contributed by atoms with Crippen molar-refractivity contribution < 1.29 is 0 Å². The van der Waals surface area contributed by atoms with Gasteiger partial charge in [-0.05, 0) is 31.2 Å². The molecule has 0 aliphatic heterocycles. The first-order valence-corrected chi connectivity index (χ1v) is 8.01. The summed E-state index contributed by atoms with van der Waals surface area (Å²) in [6.45, 7) is 3.14. The van der Waals surface area contributed by atoms with Crippen molar-refractivity contribution in [3.05, 3.63) is 53.5 Å². The Kier molecular flexibility index (Phi) is 4.49. The van der Waals surface area contributed by atoms with Crippen LogP contribution in [0, 0.1) is 0 Å². The third-order valence-corrected chi connectivity index (χ3v) is 3.82. The van der Waals surface area contributed by atoms with Gasteiger partial charge in [-0.25, -0.2) is 9.97 Å². The van der Waals surface area contributed by atoms with Crippen LogP contribution in [-0.2, 0) is 12.8 Å². The van der Waals surface area contributed by atoms with Crippen LogP contribution in [0.4, 0.5) is 5.82 Å². The first-order chi connectivity index (χ1) is 10.3. The maximum atomic E-state index is 4.77. The molecule has 1 saturated carbocycles. The predicted molar refractivity (Wildman–Crippen MR) is 86.6 cm³/mol. The highest BCUT2D eigenvalue weighted by Gasteiger charge is 2.26. The van der Waals surface area contributed by atoms with Crippen LogP contribution >= 0.6 is 0 Å². The molecule has 110 valence electrons. The molecule has 21 heavy (non-hydrogen) atoms. The van der Waals surface area contributed by atoms with Crippen LogP contribution in [0.15, 0.2) is 36.4 Å². The third kappa shape index (κ3) is 4.03. The van der Waals surface area contributed by atoms with E-state index in [1.807, 2.05) is 0 Å². The van der Waals surface area contributed by atoms with E-state index in [1.165, 1.54) is 24.1 Å². The van der Waals surface area contributed by atoms with Crippen molar-refractivity contribution in [2.75, 3.05) is 11.9 Å². The summed E-state index contributed by atoms with van der Waals surface area (Å²) in [4.78, 5) is 9.44. The van der Waals surface area contributed by atoms with E-state index in [0.717, 1.165) is 37.4 Å². The minimum absolute atomic E-state index is 0.672. The number of aromatic nitrogens is 2. The molecule has 0 amide bonds. The molecule has 2 aromatic rings. The Morgan fingerprint density at radius 2 is 1.90 bits per heavy atom. The first kappa shape index (κ1) is 14.1. The van der Waals surface area contributed by atoms with Crippen molar-refractivity contribution in [3.63, 3.8) is 0 Å². The Hall–Kier alpha value is -1.90. The minimum Gasteiger partial charge on any atom is -0.370 e. The van der Waals surface area contributed by atoms with Gasteiger partial charge in [-0.15, -0.1) is 0 Å². The summed E-state index contributed by atoms with van der Waals surface area (Å²) in [5.41, 5.74) is 2.58. The number of nitrogens with one attached hydrogen (secondary N) is 1. The molecule has 0 spiro atoms. The van der Waals surface area contributed by atoms with E-state index in [-0.39, 0.29) is 0 Å². The Labute approximate surface area is 126 Å². The van der Waals surface area contributed by atoms with Gasteiger partial charge in [0.1, 0.15) is 11.6 Å². The van der Waals surface area contributed by atoms with Crippen molar-refractivity contribution in [3.8, 4) is 0 Å². The molecule has 1 N–H and O–H groups in total. The standard InChI is InChI=1S/C18H23N3/c1-2-12-19-18-13-16(15-9-10-15)20-17(21-18)11-8-14-6-4-3-5-7-14/h3-7,13,15H,2,8-12H2,1H3,(H,19,20,21). The van der Waals surface area contributed by atoms with Crippen LogP contribution in [0.3, 0.4) is 0 Å². The maximum Gasteiger partial charge on any atom is 0.131 e. The monoisotopic (exact) mass is 281 g/mol. The number of hydrogen-bond acceptors (Lipinski definition) is 3. The molecule has 0 unspecified atom stereocenters. The summed E-state index contributed by atoms with van der Waals surface area (Å²) in [7, 11) is 0. The predicted octanol–water partition coefficient (Wildman–Crippen LogP) is 3.96. The second-order valence-corrected chi connectivity index (χ2v) is 5.78. The normalized spacial score (nSPS) is 14.1. The van der Waals surface area contributed by atoms with Crippen molar-refractivity contribution in [2.24, 2.45) is 0 Å². The lowest BCUT2D eigenvalue weighted by Gasteiger charge is -2.09. The average Bonchev–Trinajstić information content (AvgIpc) is 3.37. The van der Waals surface area contributed by atoms with Gasteiger partial charge in [-0.1, -0.05) is 37.3 Å². The SMILES string of the molecule is CCCNc1cc(C2CC2)nc(CCc2ccccc2)n1. The van der Waals surface area contributed by atoms with Crippen LogP contribution in [0.25, 0.3) is 0 Å². The van der Waals surface area contributed by atoms with Gasteiger partial charge in [0, 0.05) is 30.6 Å². The molecule has 3 rings (SSSR count). The van der Waals surface area contributed by atoms with Crippen molar-refractivity contribution in [1.29, 1.82) is 0 Å². The van der Waals surface area contributed by atoms with Crippen LogP contribution in [0.2, 0.25) is 0 Å². The lowest BCUT2D eigenvalue weighted by Crippen LogP contribution is -2.08. The van der Waals surface area contributed by atoms with Gasteiger partial charge in [0.15, 0.2) is 0 Å². The second-order valence-electron chi connectivity index (χ2n) is 5.78. The third-order valence-electron chi connectivity index (χ3n) is 3.82. The van der Waals surface area contributed by atoms with Gasteiger partial charge in [0.2, 0.25) is 0 Å².